The maximum Gasteiger partial charge on any atom is 0.227 e. The molecular weight excluding hydrogens is 366 g/mol. The van der Waals surface area contributed by atoms with Crippen LogP contribution in [0.25, 0.3) is 0 Å². The molecule has 2 aliphatic heterocycles. The average molecular weight is 398 g/mol. The first-order valence-corrected chi connectivity index (χ1v) is 12.1. The predicted octanol–water partition coefficient (Wildman–Crippen LogP) is 1.65. The minimum absolute atomic E-state index is 0.307. The van der Waals surface area contributed by atoms with E-state index in [-0.39, 0.29) is 6.10 Å². The van der Waals surface area contributed by atoms with E-state index in [4.69, 9.17) is 4.74 Å². The Morgan fingerprint density at radius 1 is 1.07 bits per heavy atom. The molecule has 0 amide bonds. The van der Waals surface area contributed by atoms with Gasteiger partial charge < -0.3 is 9.64 Å². The number of sulfonamides is 1. The summed E-state index contributed by atoms with van der Waals surface area (Å²) in [6.07, 6.45) is 7.64. The standard InChI is InChI=1S/C18H31N5O3S/c1-3-23-17(16-13-22(10-11-26-16)27(2,24)25)19-20-18(23)21-9-8-15(12-21)14-6-4-5-7-14/h14-16H,3-13H2,1-2H3. The van der Waals surface area contributed by atoms with Crippen molar-refractivity contribution in [2.75, 3.05) is 43.9 Å². The number of hydrogen-bond acceptors (Lipinski definition) is 6. The summed E-state index contributed by atoms with van der Waals surface area (Å²) in [7, 11) is -3.23. The minimum Gasteiger partial charge on any atom is -0.367 e. The lowest BCUT2D eigenvalue weighted by Crippen LogP contribution is -2.42. The van der Waals surface area contributed by atoms with Gasteiger partial charge in [-0.25, -0.2) is 8.42 Å². The molecule has 1 aliphatic carbocycles. The van der Waals surface area contributed by atoms with Crippen molar-refractivity contribution in [2.24, 2.45) is 11.8 Å². The van der Waals surface area contributed by atoms with Crippen molar-refractivity contribution < 1.29 is 13.2 Å². The molecule has 0 spiro atoms. The second-order valence-corrected chi connectivity index (χ2v) is 10.1. The van der Waals surface area contributed by atoms with Crippen LogP contribution in [-0.4, -0.2) is 66.5 Å². The Morgan fingerprint density at radius 3 is 2.56 bits per heavy atom. The Hall–Kier alpha value is -1.19. The molecule has 2 saturated heterocycles. The fourth-order valence-corrected chi connectivity index (χ4v) is 5.76. The fourth-order valence-electron chi connectivity index (χ4n) is 4.95. The van der Waals surface area contributed by atoms with Gasteiger partial charge in [0.15, 0.2) is 5.82 Å². The summed E-state index contributed by atoms with van der Waals surface area (Å²) in [5.41, 5.74) is 0. The Balaban J connectivity index is 1.50. The largest absolute Gasteiger partial charge is 0.367 e. The summed E-state index contributed by atoms with van der Waals surface area (Å²) in [4.78, 5) is 2.36. The average Bonchev–Trinajstić information content (AvgIpc) is 3.39. The van der Waals surface area contributed by atoms with Crippen LogP contribution in [0.2, 0.25) is 0 Å². The number of ether oxygens (including phenoxy) is 1. The van der Waals surface area contributed by atoms with Gasteiger partial charge in [-0.3, -0.25) is 4.57 Å². The molecule has 8 nitrogen and oxygen atoms in total. The third-order valence-corrected chi connectivity index (χ3v) is 7.71. The van der Waals surface area contributed by atoms with Crippen molar-refractivity contribution in [3.05, 3.63) is 5.82 Å². The van der Waals surface area contributed by atoms with Gasteiger partial charge in [0.25, 0.3) is 0 Å². The highest BCUT2D eigenvalue weighted by Crippen LogP contribution is 2.37. The SMILES string of the molecule is CCn1c(C2CN(S(C)(=O)=O)CCO2)nnc1N1CCC(C2CCCC2)C1. The molecular formula is C18H31N5O3S. The Morgan fingerprint density at radius 2 is 1.85 bits per heavy atom. The highest BCUT2D eigenvalue weighted by atomic mass is 32.2. The van der Waals surface area contributed by atoms with Crippen molar-refractivity contribution in [3.63, 3.8) is 0 Å². The van der Waals surface area contributed by atoms with E-state index in [0.717, 1.165) is 43.2 Å². The van der Waals surface area contributed by atoms with Gasteiger partial charge in [0.2, 0.25) is 16.0 Å². The number of morpholine rings is 1. The van der Waals surface area contributed by atoms with Crippen LogP contribution in [0.1, 0.15) is 51.0 Å². The van der Waals surface area contributed by atoms with Gasteiger partial charge in [0.05, 0.1) is 12.9 Å². The quantitative estimate of drug-likeness (QED) is 0.752. The minimum atomic E-state index is -3.23. The lowest BCUT2D eigenvalue weighted by atomic mass is 9.90. The molecule has 2 unspecified atom stereocenters. The van der Waals surface area contributed by atoms with E-state index in [9.17, 15) is 8.42 Å². The zero-order chi connectivity index (χ0) is 19.0. The van der Waals surface area contributed by atoms with Gasteiger partial charge in [-0.05, 0) is 25.2 Å². The summed E-state index contributed by atoms with van der Waals surface area (Å²) < 4.78 is 33.3. The van der Waals surface area contributed by atoms with Crippen LogP contribution in [0, 0.1) is 11.8 Å². The van der Waals surface area contributed by atoms with Crippen LogP contribution in [0.3, 0.4) is 0 Å². The first-order valence-electron chi connectivity index (χ1n) is 10.2. The zero-order valence-electron chi connectivity index (χ0n) is 16.4. The van der Waals surface area contributed by atoms with E-state index in [1.807, 2.05) is 0 Å². The molecule has 0 N–H and O–H groups in total. The molecule has 3 aliphatic rings. The Kier molecular flexibility index (Phi) is 5.44. The molecule has 1 aromatic rings. The van der Waals surface area contributed by atoms with Gasteiger partial charge in [-0.1, -0.05) is 25.7 Å². The number of rotatable bonds is 5. The second kappa shape index (κ2) is 7.67. The van der Waals surface area contributed by atoms with E-state index in [2.05, 4.69) is 26.6 Å². The van der Waals surface area contributed by atoms with E-state index >= 15 is 0 Å². The first kappa shape index (κ1) is 19.1. The molecule has 9 heteroatoms. The summed E-state index contributed by atoms with van der Waals surface area (Å²) in [5.74, 6) is 3.29. The lowest BCUT2D eigenvalue weighted by Gasteiger charge is -2.31. The number of hydrogen-bond donors (Lipinski definition) is 0. The van der Waals surface area contributed by atoms with Crippen LogP contribution in [-0.2, 0) is 21.3 Å². The lowest BCUT2D eigenvalue weighted by molar-refractivity contribution is -0.00925. The van der Waals surface area contributed by atoms with Crippen molar-refractivity contribution in [1.82, 2.24) is 19.1 Å². The van der Waals surface area contributed by atoms with E-state index in [0.29, 0.717) is 19.7 Å². The van der Waals surface area contributed by atoms with Crippen molar-refractivity contribution in [1.29, 1.82) is 0 Å². The fraction of sp³-hybridized carbons (Fsp3) is 0.889. The van der Waals surface area contributed by atoms with Crippen LogP contribution in [0.4, 0.5) is 5.95 Å². The third kappa shape index (κ3) is 3.86. The molecule has 2 atom stereocenters. The summed E-state index contributed by atoms with van der Waals surface area (Å²) in [5, 5.41) is 8.90. The monoisotopic (exact) mass is 397 g/mol. The van der Waals surface area contributed by atoms with Gasteiger partial charge in [0, 0.05) is 32.7 Å². The van der Waals surface area contributed by atoms with Gasteiger partial charge >= 0.3 is 0 Å². The zero-order valence-corrected chi connectivity index (χ0v) is 17.2. The smallest absolute Gasteiger partial charge is 0.227 e. The van der Waals surface area contributed by atoms with Crippen molar-refractivity contribution in [3.8, 4) is 0 Å². The molecule has 1 aromatic heterocycles. The third-order valence-electron chi connectivity index (χ3n) is 6.44. The molecule has 152 valence electrons. The normalized spacial score (nSPS) is 28.3. The van der Waals surface area contributed by atoms with Crippen LogP contribution < -0.4 is 4.90 Å². The molecule has 1 saturated carbocycles. The van der Waals surface area contributed by atoms with Gasteiger partial charge in [-0.2, -0.15) is 4.31 Å². The Bertz CT molecular complexity index is 759. The highest BCUT2D eigenvalue weighted by molar-refractivity contribution is 7.88. The van der Waals surface area contributed by atoms with E-state index in [1.165, 1.54) is 42.7 Å². The van der Waals surface area contributed by atoms with Crippen LogP contribution in [0.5, 0.6) is 0 Å². The van der Waals surface area contributed by atoms with E-state index < -0.39 is 10.0 Å². The molecule has 27 heavy (non-hydrogen) atoms. The number of aromatic nitrogens is 3. The molecule has 3 heterocycles. The molecule has 0 radical (unpaired) electrons. The van der Waals surface area contributed by atoms with Crippen molar-refractivity contribution >= 4 is 16.0 Å². The summed E-state index contributed by atoms with van der Waals surface area (Å²) in [6.45, 7) is 6.01. The Labute approximate surface area is 161 Å². The maximum atomic E-state index is 11.9. The molecule has 0 aromatic carbocycles. The van der Waals surface area contributed by atoms with Gasteiger partial charge in [-0.15, -0.1) is 10.2 Å². The first-order chi connectivity index (χ1) is 13.0. The maximum absolute atomic E-state index is 11.9. The van der Waals surface area contributed by atoms with Crippen molar-refractivity contribution in [2.45, 2.75) is 51.7 Å². The number of anilines is 1. The summed E-state index contributed by atoms with van der Waals surface area (Å²) in [6, 6.07) is 0. The highest BCUT2D eigenvalue weighted by Gasteiger charge is 2.35. The molecule has 0 bridgehead atoms. The predicted molar refractivity (Wildman–Crippen MR) is 103 cm³/mol. The van der Waals surface area contributed by atoms with Crippen LogP contribution >= 0.6 is 0 Å². The van der Waals surface area contributed by atoms with E-state index in [1.54, 1.807) is 0 Å². The second-order valence-electron chi connectivity index (χ2n) is 8.12. The molecule has 3 fully saturated rings. The van der Waals surface area contributed by atoms with Gasteiger partial charge in [0.1, 0.15) is 6.10 Å². The summed E-state index contributed by atoms with van der Waals surface area (Å²) >= 11 is 0. The number of nitrogens with zero attached hydrogens (tertiary/aromatic N) is 5. The topological polar surface area (TPSA) is 80.6 Å². The van der Waals surface area contributed by atoms with Crippen LogP contribution in [0.15, 0.2) is 0 Å². The molecule has 4 rings (SSSR count).